The second-order valence-electron chi connectivity index (χ2n) is 3.89. The van der Waals surface area contributed by atoms with E-state index in [1.54, 1.807) is 18.2 Å². The number of carboxylic acids is 1. The number of anilines is 1. The number of nitrogens with one attached hydrogen (secondary N) is 1. The maximum atomic E-state index is 11.1. The third-order valence-electron chi connectivity index (χ3n) is 2.51. The van der Waals surface area contributed by atoms with E-state index >= 15 is 0 Å². The van der Waals surface area contributed by atoms with Crippen molar-refractivity contribution in [2.75, 3.05) is 5.32 Å². The Morgan fingerprint density at radius 1 is 1.22 bits per heavy atom. The Morgan fingerprint density at radius 3 is 2.56 bits per heavy atom. The number of carboxylic acid groups (broad SMARTS) is 1. The van der Waals surface area contributed by atoms with E-state index in [9.17, 15) is 14.7 Å². The third-order valence-corrected chi connectivity index (χ3v) is 2.51. The number of fused-ring (bicyclic) bond motifs is 1. The quantitative estimate of drug-likeness (QED) is 0.757. The summed E-state index contributed by atoms with van der Waals surface area (Å²) in [7, 11) is 0. The van der Waals surface area contributed by atoms with Crippen LogP contribution in [-0.2, 0) is 4.79 Å². The Morgan fingerprint density at radius 2 is 1.94 bits per heavy atom. The van der Waals surface area contributed by atoms with Crippen LogP contribution in [0, 0.1) is 0 Å². The molecule has 0 radical (unpaired) electrons. The molecule has 0 atom stereocenters. The van der Waals surface area contributed by atoms with Gasteiger partial charge in [0.05, 0.1) is 11.3 Å². The van der Waals surface area contributed by atoms with Gasteiger partial charge in [0.25, 0.3) is 0 Å². The molecule has 0 aliphatic carbocycles. The molecule has 18 heavy (non-hydrogen) atoms. The summed E-state index contributed by atoms with van der Waals surface area (Å²) in [6, 6.07) is 7.61. The van der Waals surface area contributed by atoms with Crippen LogP contribution < -0.4 is 5.32 Å². The molecule has 3 N–H and O–H groups in total. The molecule has 92 valence electrons. The van der Waals surface area contributed by atoms with Crippen molar-refractivity contribution in [1.82, 2.24) is 0 Å². The normalized spacial score (nSPS) is 10.3. The van der Waals surface area contributed by atoms with Crippen molar-refractivity contribution in [2.45, 2.75) is 6.92 Å². The van der Waals surface area contributed by atoms with Gasteiger partial charge in [-0.1, -0.05) is 12.1 Å². The van der Waals surface area contributed by atoms with Crippen LogP contribution in [0.5, 0.6) is 5.75 Å². The molecule has 0 fully saturated rings. The molecule has 2 rings (SSSR count). The molecule has 2 aromatic rings. The highest BCUT2D eigenvalue weighted by Crippen LogP contribution is 2.32. The molecule has 0 spiro atoms. The molecular formula is C13H11NO4. The first-order valence-corrected chi connectivity index (χ1v) is 5.25. The van der Waals surface area contributed by atoms with Gasteiger partial charge in [-0.15, -0.1) is 0 Å². The minimum absolute atomic E-state index is 0.0000231. The van der Waals surface area contributed by atoms with E-state index in [1.165, 1.54) is 13.0 Å². The molecule has 5 nitrogen and oxygen atoms in total. The monoisotopic (exact) mass is 245 g/mol. The first-order chi connectivity index (χ1) is 8.49. The molecule has 1 amide bonds. The highest BCUT2D eigenvalue weighted by Gasteiger charge is 2.11. The summed E-state index contributed by atoms with van der Waals surface area (Å²) < 4.78 is 0. The smallest absolute Gasteiger partial charge is 0.335 e. The van der Waals surface area contributed by atoms with Gasteiger partial charge < -0.3 is 15.5 Å². The molecule has 0 saturated carbocycles. The van der Waals surface area contributed by atoms with Gasteiger partial charge in [-0.05, 0) is 23.6 Å². The van der Waals surface area contributed by atoms with E-state index in [2.05, 4.69) is 5.32 Å². The number of hydrogen-bond donors (Lipinski definition) is 3. The second-order valence-corrected chi connectivity index (χ2v) is 3.89. The number of rotatable bonds is 2. The molecule has 0 unspecified atom stereocenters. The van der Waals surface area contributed by atoms with Crippen LogP contribution in [0.15, 0.2) is 30.3 Å². The minimum atomic E-state index is -1.11. The standard InChI is InChI=1S/C13H11NO4/c1-7(15)14-10-4-2-3-8-5-9(13(17)18)6-11(16)12(8)10/h2-6,16H,1H3,(H,14,15)(H,17,18). The number of amides is 1. The number of phenolic OH excluding ortho intramolecular Hbond substituents is 1. The Bertz CT molecular complexity index is 649. The zero-order chi connectivity index (χ0) is 13.3. The topological polar surface area (TPSA) is 86.6 Å². The van der Waals surface area contributed by atoms with Crippen molar-refractivity contribution in [3.05, 3.63) is 35.9 Å². The van der Waals surface area contributed by atoms with Gasteiger partial charge in [-0.2, -0.15) is 0 Å². The summed E-state index contributed by atoms with van der Waals surface area (Å²) in [6.45, 7) is 1.36. The van der Waals surface area contributed by atoms with Gasteiger partial charge in [0.1, 0.15) is 5.75 Å². The number of benzene rings is 2. The third kappa shape index (κ3) is 2.10. The summed E-state index contributed by atoms with van der Waals surface area (Å²) in [5, 5.41) is 22.4. The van der Waals surface area contributed by atoms with Crippen molar-refractivity contribution >= 4 is 28.3 Å². The van der Waals surface area contributed by atoms with E-state index < -0.39 is 5.97 Å². The lowest BCUT2D eigenvalue weighted by Gasteiger charge is -2.09. The largest absolute Gasteiger partial charge is 0.507 e. The average Bonchev–Trinajstić information content (AvgIpc) is 2.27. The van der Waals surface area contributed by atoms with Crippen LogP contribution in [0.1, 0.15) is 17.3 Å². The predicted molar refractivity (Wildman–Crippen MR) is 66.9 cm³/mol. The lowest BCUT2D eigenvalue weighted by Crippen LogP contribution is -2.06. The molecule has 0 aliphatic rings. The second kappa shape index (κ2) is 4.37. The van der Waals surface area contributed by atoms with Crippen LogP contribution in [0.4, 0.5) is 5.69 Å². The summed E-state index contributed by atoms with van der Waals surface area (Å²) in [6.07, 6.45) is 0. The lowest BCUT2D eigenvalue weighted by atomic mass is 10.0. The molecule has 5 heteroatoms. The van der Waals surface area contributed by atoms with E-state index in [-0.39, 0.29) is 17.2 Å². The number of carbonyl (C=O) groups excluding carboxylic acids is 1. The average molecular weight is 245 g/mol. The van der Waals surface area contributed by atoms with Gasteiger partial charge in [-0.25, -0.2) is 4.79 Å². The zero-order valence-electron chi connectivity index (χ0n) is 9.60. The first-order valence-electron chi connectivity index (χ1n) is 5.25. The van der Waals surface area contributed by atoms with Crippen LogP contribution >= 0.6 is 0 Å². The fourth-order valence-corrected chi connectivity index (χ4v) is 1.82. The fourth-order valence-electron chi connectivity index (χ4n) is 1.82. The Kier molecular flexibility index (Phi) is 2.89. The molecule has 0 heterocycles. The van der Waals surface area contributed by atoms with Crippen LogP contribution in [-0.4, -0.2) is 22.1 Å². The maximum absolute atomic E-state index is 11.1. The number of aromatic carboxylic acids is 1. The van der Waals surface area contributed by atoms with Crippen LogP contribution in [0.25, 0.3) is 10.8 Å². The van der Waals surface area contributed by atoms with E-state index in [1.807, 2.05) is 0 Å². The Hall–Kier alpha value is -2.56. The number of aromatic hydroxyl groups is 1. The summed E-state index contributed by atoms with van der Waals surface area (Å²) in [4.78, 5) is 21.9. The van der Waals surface area contributed by atoms with Gasteiger partial charge in [0.15, 0.2) is 0 Å². The first kappa shape index (κ1) is 11.9. The van der Waals surface area contributed by atoms with Crippen LogP contribution in [0.3, 0.4) is 0 Å². The van der Waals surface area contributed by atoms with Gasteiger partial charge in [0, 0.05) is 12.3 Å². The van der Waals surface area contributed by atoms with Crippen molar-refractivity contribution in [3.8, 4) is 5.75 Å². The summed E-state index contributed by atoms with van der Waals surface area (Å²) >= 11 is 0. The molecule has 2 aromatic carbocycles. The van der Waals surface area contributed by atoms with Crippen molar-refractivity contribution < 1.29 is 19.8 Å². The van der Waals surface area contributed by atoms with E-state index in [4.69, 9.17) is 5.11 Å². The number of carbonyl (C=O) groups is 2. The number of hydrogen-bond acceptors (Lipinski definition) is 3. The molecule has 0 bridgehead atoms. The number of phenols is 1. The van der Waals surface area contributed by atoms with Gasteiger partial charge >= 0.3 is 5.97 Å². The summed E-state index contributed by atoms with van der Waals surface area (Å²) in [5.41, 5.74) is 0.453. The molecular weight excluding hydrogens is 234 g/mol. The minimum Gasteiger partial charge on any atom is -0.507 e. The van der Waals surface area contributed by atoms with Crippen molar-refractivity contribution in [1.29, 1.82) is 0 Å². The van der Waals surface area contributed by atoms with Gasteiger partial charge in [0.2, 0.25) is 5.91 Å². The summed E-state index contributed by atoms with van der Waals surface area (Å²) in [5.74, 6) is -1.55. The van der Waals surface area contributed by atoms with Crippen molar-refractivity contribution in [3.63, 3.8) is 0 Å². The van der Waals surface area contributed by atoms with E-state index in [0.29, 0.717) is 16.5 Å². The lowest BCUT2D eigenvalue weighted by molar-refractivity contribution is -0.114. The Balaban J connectivity index is 2.70. The predicted octanol–water partition coefficient (Wildman–Crippen LogP) is 2.20. The van der Waals surface area contributed by atoms with E-state index in [0.717, 1.165) is 6.07 Å². The molecule has 0 aromatic heterocycles. The van der Waals surface area contributed by atoms with Gasteiger partial charge in [-0.3, -0.25) is 4.79 Å². The van der Waals surface area contributed by atoms with Crippen molar-refractivity contribution in [2.24, 2.45) is 0 Å². The highest BCUT2D eigenvalue weighted by atomic mass is 16.4. The Labute approximate surface area is 103 Å². The fraction of sp³-hybridized carbons (Fsp3) is 0.0769. The van der Waals surface area contributed by atoms with Crippen LogP contribution in [0.2, 0.25) is 0 Å². The maximum Gasteiger partial charge on any atom is 0.335 e. The zero-order valence-corrected chi connectivity index (χ0v) is 9.60. The molecule has 0 saturated heterocycles. The SMILES string of the molecule is CC(=O)Nc1cccc2cc(C(=O)O)cc(O)c12. The molecule has 0 aliphatic heterocycles. The highest BCUT2D eigenvalue weighted by molar-refractivity contribution is 6.06.